The summed E-state index contributed by atoms with van der Waals surface area (Å²) in [6.07, 6.45) is 4.97. The number of rotatable bonds is 0. The predicted octanol–water partition coefficient (Wildman–Crippen LogP) is 0.847. The van der Waals surface area contributed by atoms with Crippen LogP contribution >= 0.6 is 0 Å². The molecule has 2 nitrogen and oxygen atoms in total. The van der Waals surface area contributed by atoms with Crippen molar-refractivity contribution in [2.45, 2.75) is 38.1 Å². The van der Waals surface area contributed by atoms with Crippen molar-refractivity contribution in [2.24, 2.45) is 5.73 Å². The summed E-state index contributed by atoms with van der Waals surface area (Å²) in [7, 11) is 0. The summed E-state index contributed by atoms with van der Waals surface area (Å²) in [4.78, 5) is 10.9. The van der Waals surface area contributed by atoms with Gasteiger partial charge in [0, 0.05) is 6.42 Å². The van der Waals surface area contributed by atoms with Crippen LogP contribution in [0.15, 0.2) is 0 Å². The van der Waals surface area contributed by atoms with Crippen LogP contribution in [0, 0.1) is 0 Å². The van der Waals surface area contributed by atoms with E-state index < -0.39 is 0 Å². The average Bonchev–Trinajstić information content (AvgIpc) is 1.99. The van der Waals surface area contributed by atoms with Crippen molar-refractivity contribution in [3.63, 3.8) is 0 Å². The highest BCUT2D eigenvalue weighted by molar-refractivity contribution is 5.83. The van der Waals surface area contributed by atoms with Crippen LogP contribution < -0.4 is 5.73 Å². The van der Waals surface area contributed by atoms with E-state index in [9.17, 15) is 4.79 Å². The fourth-order valence-electron chi connectivity index (χ4n) is 1.19. The summed E-state index contributed by atoms with van der Waals surface area (Å²) in [5.41, 5.74) is 5.53. The van der Waals surface area contributed by atoms with Crippen molar-refractivity contribution < 1.29 is 4.79 Å². The van der Waals surface area contributed by atoms with E-state index in [1.807, 2.05) is 0 Å². The van der Waals surface area contributed by atoms with Gasteiger partial charge in [0.15, 0.2) is 0 Å². The summed E-state index contributed by atoms with van der Waals surface area (Å²) in [6.45, 7) is 0. The molecule has 0 bridgehead atoms. The van der Waals surface area contributed by atoms with Crippen LogP contribution in [-0.4, -0.2) is 11.8 Å². The topological polar surface area (TPSA) is 43.1 Å². The van der Waals surface area contributed by atoms with Crippen LogP contribution in [0.4, 0.5) is 0 Å². The van der Waals surface area contributed by atoms with Gasteiger partial charge in [-0.2, -0.15) is 0 Å². The zero-order valence-electron chi connectivity index (χ0n) is 5.60. The molecule has 0 spiro atoms. The van der Waals surface area contributed by atoms with Gasteiger partial charge in [0.2, 0.25) is 0 Å². The third kappa shape index (κ3) is 1.79. The van der Waals surface area contributed by atoms with Gasteiger partial charge in [-0.05, 0) is 12.8 Å². The van der Waals surface area contributed by atoms with E-state index >= 15 is 0 Å². The maximum atomic E-state index is 10.9. The minimum atomic E-state index is -0.146. The second-order valence-corrected chi connectivity index (χ2v) is 2.67. The predicted molar refractivity (Wildman–Crippen MR) is 36.1 cm³/mol. The van der Waals surface area contributed by atoms with E-state index in [-0.39, 0.29) is 11.8 Å². The van der Waals surface area contributed by atoms with Crippen LogP contribution in [0.25, 0.3) is 0 Å². The molecule has 0 heterocycles. The molecular formula is C7H13NO. The Labute approximate surface area is 55.4 Å². The van der Waals surface area contributed by atoms with Crippen molar-refractivity contribution in [3.05, 3.63) is 0 Å². The molecule has 0 amide bonds. The fraction of sp³-hybridized carbons (Fsp3) is 0.857. The van der Waals surface area contributed by atoms with E-state index in [1.54, 1.807) is 0 Å². The van der Waals surface area contributed by atoms with Crippen molar-refractivity contribution >= 4 is 5.78 Å². The minimum Gasteiger partial charge on any atom is -0.322 e. The number of carbonyl (C=O) groups excluding carboxylic acids is 1. The first-order valence-electron chi connectivity index (χ1n) is 3.59. The lowest BCUT2D eigenvalue weighted by molar-refractivity contribution is -0.120. The molecule has 1 atom stereocenters. The summed E-state index contributed by atoms with van der Waals surface area (Å²) in [5, 5.41) is 0. The van der Waals surface area contributed by atoms with Crippen molar-refractivity contribution in [3.8, 4) is 0 Å². The van der Waals surface area contributed by atoms with Crippen molar-refractivity contribution in [1.29, 1.82) is 0 Å². The molecule has 1 aliphatic carbocycles. The van der Waals surface area contributed by atoms with Gasteiger partial charge >= 0.3 is 0 Å². The second-order valence-electron chi connectivity index (χ2n) is 2.67. The molecular weight excluding hydrogens is 114 g/mol. The highest BCUT2D eigenvalue weighted by atomic mass is 16.1. The van der Waals surface area contributed by atoms with E-state index in [2.05, 4.69) is 0 Å². The number of carbonyl (C=O) groups is 1. The zero-order valence-corrected chi connectivity index (χ0v) is 5.60. The van der Waals surface area contributed by atoms with Crippen molar-refractivity contribution in [1.82, 2.24) is 0 Å². The molecule has 1 rings (SSSR count). The van der Waals surface area contributed by atoms with Gasteiger partial charge in [0.25, 0.3) is 0 Å². The van der Waals surface area contributed by atoms with Crippen LogP contribution in [0.1, 0.15) is 32.1 Å². The Balaban J connectivity index is 2.41. The standard InChI is InChI=1S/C7H13NO/c8-6-4-2-1-3-5-7(6)9/h6H,1-5,8H2/t6-/m0/s1. The molecule has 0 saturated heterocycles. The summed E-state index contributed by atoms with van der Waals surface area (Å²) in [6, 6.07) is -0.146. The van der Waals surface area contributed by atoms with E-state index in [0.717, 1.165) is 19.3 Å². The quantitative estimate of drug-likeness (QED) is 0.490. The first-order valence-corrected chi connectivity index (χ1v) is 3.59. The second kappa shape index (κ2) is 2.97. The third-order valence-electron chi connectivity index (χ3n) is 1.85. The van der Waals surface area contributed by atoms with Crippen molar-refractivity contribution in [2.75, 3.05) is 0 Å². The Morgan fingerprint density at radius 1 is 1.33 bits per heavy atom. The lowest BCUT2D eigenvalue weighted by atomic mass is 10.1. The van der Waals surface area contributed by atoms with Crippen LogP contribution in [0.5, 0.6) is 0 Å². The minimum absolute atomic E-state index is 0.146. The van der Waals surface area contributed by atoms with Gasteiger partial charge in [-0.15, -0.1) is 0 Å². The lowest BCUT2D eigenvalue weighted by Gasteiger charge is -2.02. The molecule has 0 aromatic rings. The monoisotopic (exact) mass is 127 g/mol. The van der Waals surface area contributed by atoms with Crippen LogP contribution in [0.2, 0.25) is 0 Å². The molecule has 2 heteroatoms. The average molecular weight is 127 g/mol. The smallest absolute Gasteiger partial charge is 0.149 e. The molecule has 52 valence electrons. The lowest BCUT2D eigenvalue weighted by Crippen LogP contribution is -2.28. The summed E-state index contributed by atoms with van der Waals surface area (Å²) in [5.74, 6) is 0.257. The summed E-state index contributed by atoms with van der Waals surface area (Å²) < 4.78 is 0. The SMILES string of the molecule is N[C@H]1CCCCCC1=O. The van der Waals surface area contributed by atoms with E-state index in [0.29, 0.717) is 6.42 Å². The molecule has 1 fully saturated rings. The zero-order chi connectivity index (χ0) is 6.69. The number of Topliss-reactive ketones (excluding diaryl/α,β-unsaturated/α-hetero) is 1. The van der Waals surface area contributed by atoms with Gasteiger partial charge in [-0.1, -0.05) is 12.8 Å². The molecule has 9 heavy (non-hydrogen) atoms. The van der Waals surface area contributed by atoms with Gasteiger partial charge in [-0.25, -0.2) is 0 Å². The van der Waals surface area contributed by atoms with Gasteiger partial charge in [-0.3, -0.25) is 4.79 Å². The molecule has 0 radical (unpaired) electrons. The highest BCUT2D eigenvalue weighted by Crippen LogP contribution is 2.12. The number of nitrogens with two attached hydrogens (primary N) is 1. The maximum Gasteiger partial charge on any atom is 0.149 e. The third-order valence-corrected chi connectivity index (χ3v) is 1.85. The number of ketones is 1. The van der Waals surface area contributed by atoms with Crippen LogP contribution in [0.3, 0.4) is 0 Å². The van der Waals surface area contributed by atoms with Crippen LogP contribution in [-0.2, 0) is 4.79 Å². The molecule has 1 aliphatic rings. The largest absolute Gasteiger partial charge is 0.322 e. The number of hydrogen-bond acceptors (Lipinski definition) is 2. The van der Waals surface area contributed by atoms with Gasteiger partial charge in [0.05, 0.1) is 6.04 Å². The normalized spacial score (nSPS) is 29.9. The fourth-order valence-corrected chi connectivity index (χ4v) is 1.19. The van der Waals surface area contributed by atoms with E-state index in [1.165, 1.54) is 6.42 Å². The Morgan fingerprint density at radius 3 is 2.89 bits per heavy atom. The highest BCUT2D eigenvalue weighted by Gasteiger charge is 2.15. The Hall–Kier alpha value is -0.370. The molecule has 0 unspecified atom stereocenters. The molecule has 0 aromatic carbocycles. The molecule has 2 N–H and O–H groups in total. The van der Waals surface area contributed by atoms with Gasteiger partial charge in [0.1, 0.15) is 5.78 Å². The Bertz CT molecular complexity index is 111. The maximum absolute atomic E-state index is 10.9. The molecule has 0 aromatic heterocycles. The molecule has 0 aliphatic heterocycles. The van der Waals surface area contributed by atoms with Gasteiger partial charge < -0.3 is 5.73 Å². The molecule has 1 saturated carbocycles. The summed E-state index contributed by atoms with van der Waals surface area (Å²) >= 11 is 0. The van der Waals surface area contributed by atoms with E-state index in [4.69, 9.17) is 5.73 Å². The first kappa shape index (κ1) is 6.75. The Kier molecular flexibility index (Phi) is 2.22. The first-order chi connectivity index (χ1) is 4.30. The number of hydrogen-bond donors (Lipinski definition) is 1. The Morgan fingerprint density at radius 2 is 2.11 bits per heavy atom.